The lowest BCUT2D eigenvalue weighted by molar-refractivity contribution is 0.669. The molecular weight excluding hydrogens is 150 g/mol. The van der Waals surface area contributed by atoms with E-state index in [2.05, 4.69) is 9.93 Å². The van der Waals surface area contributed by atoms with E-state index in [0.717, 1.165) is 5.69 Å². The smallest absolute Gasteiger partial charge is 0.0803 e. The fourth-order valence-corrected chi connectivity index (χ4v) is 0.832. The van der Waals surface area contributed by atoms with Crippen molar-refractivity contribution in [3.8, 4) is 0 Å². The van der Waals surface area contributed by atoms with Crippen molar-refractivity contribution >= 4 is 11.8 Å². The molecule has 1 atom stereocenters. The zero-order chi connectivity index (χ0) is 7.56. The van der Waals surface area contributed by atoms with E-state index in [1.165, 1.54) is 0 Å². The molecule has 4 heteroatoms. The Bertz CT molecular complexity index is 209. The second-order valence-corrected chi connectivity index (χ2v) is 2.46. The van der Waals surface area contributed by atoms with Gasteiger partial charge in [0.05, 0.1) is 11.7 Å². The maximum atomic E-state index is 5.40. The molecule has 1 aromatic heterocycles. The molecule has 0 amide bonds. The van der Waals surface area contributed by atoms with Gasteiger partial charge in [-0.25, -0.2) is 4.84 Å². The number of rotatable bonds is 2. The molecule has 0 radical (unpaired) electrons. The fourth-order valence-electron chi connectivity index (χ4n) is 0.720. The van der Waals surface area contributed by atoms with Crippen LogP contribution in [0.5, 0.6) is 0 Å². The maximum absolute atomic E-state index is 5.40. The topological polar surface area (TPSA) is 29.9 Å². The van der Waals surface area contributed by atoms with Crippen molar-refractivity contribution in [1.82, 2.24) is 14.6 Å². The minimum atomic E-state index is 0.114. The van der Waals surface area contributed by atoms with Gasteiger partial charge in [0.25, 0.3) is 0 Å². The molecule has 10 heavy (non-hydrogen) atoms. The minimum Gasteiger partial charge on any atom is -0.275 e. The number of aryl methyl sites for hydroxylation is 1. The van der Waals surface area contributed by atoms with Gasteiger partial charge in [-0.2, -0.15) is 5.10 Å². The van der Waals surface area contributed by atoms with Crippen LogP contribution in [0.15, 0.2) is 12.3 Å². The average molecular weight is 160 g/mol. The van der Waals surface area contributed by atoms with E-state index in [9.17, 15) is 0 Å². The Labute approximate surface area is 65.1 Å². The van der Waals surface area contributed by atoms with Gasteiger partial charge in [-0.3, -0.25) is 4.68 Å². The van der Waals surface area contributed by atoms with Gasteiger partial charge in [0.1, 0.15) is 0 Å². The quantitative estimate of drug-likeness (QED) is 0.658. The van der Waals surface area contributed by atoms with Crippen molar-refractivity contribution in [1.29, 1.82) is 0 Å². The van der Waals surface area contributed by atoms with Crippen molar-refractivity contribution in [2.24, 2.45) is 7.05 Å². The van der Waals surface area contributed by atoms with Gasteiger partial charge in [-0.15, -0.1) is 0 Å². The lowest BCUT2D eigenvalue weighted by atomic mass is 10.3. The number of nitrogens with zero attached hydrogens (tertiary/aromatic N) is 2. The highest BCUT2D eigenvalue weighted by Gasteiger charge is 2.04. The summed E-state index contributed by atoms with van der Waals surface area (Å²) in [6.07, 6.45) is 1.89. The van der Waals surface area contributed by atoms with Gasteiger partial charge in [-0.1, -0.05) is 0 Å². The summed E-state index contributed by atoms with van der Waals surface area (Å²) in [6.45, 7) is 1.95. The summed E-state index contributed by atoms with van der Waals surface area (Å²) in [5.74, 6) is 0. The molecule has 0 aliphatic carbocycles. The molecule has 0 spiro atoms. The monoisotopic (exact) mass is 159 g/mol. The molecular formula is C6H10ClN3. The molecule has 0 aliphatic heterocycles. The highest BCUT2D eigenvalue weighted by molar-refractivity contribution is 6.13. The predicted octanol–water partition coefficient (Wildman–Crippen LogP) is 1.22. The summed E-state index contributed by atoms with van der Waals surface area (Å²) in [6, 6.07) is 2.04. The molecule has 0 aliphatic rings. The van der Waals surface area contributed by atoms with Crippen molar-refractivity contribution in [3.63, 3.8) is 0 Å². The van der Waals surface area contributed by atoms with Crippen LogP contribution >= 0.6 is 11.8 Å². The van der Waals surface area contributed by atoms with Crippen molar-refractivity contribution in [3.05, 3.63) is 18.0 Å². The van der Waals surface area contributed by atoms with Crippen LogP contribution in [0.2, 0.25) is 0 Å². The third-order valence-electron chi connectivity index (χ3n) is 1.34. The number of halogens is 1. The summed E-state index contributed by atoms with van der Waals surface area (Å²) in [7, 11) is 1.88. The molecule has 0 saturated heterocycles. The van der Waals surface area contributed by atoms with Gasteiger partial charge < -0.3 is 0 Å². The Morgan fingerprint density at radius 2 is 2.50 bits per heavy atom. The SMILES string of the molecule is C[C@@H](NCl)c1ccn(C)n1. The lowest BCUT2D eigenvalue weighted by Crippen LogP contribution is -2.07. The van der Waals surface area contributed by atoms with Crippen molar-refractivity contribution in [2.45, 2.75) is 13.0 Å². The molecule has 0 aromatic carbocycles. The maximum Gasteiger partial charge on any atom is 0.0803 e. The number of hydrogen-bond acceptors (Lipinski definition) is 2. The summed E-state index contributed by atoms with van der Waals surface area (Å²) in [4.78, 5) is 2.59. The molecule has 1 heterocycles. The normalized spacial score (nSPS) is 13.5. The van der Waals surface area contributed by atoms with Crippen LogP contribution in [-0.2, 0) is 7.05 Å². The number of aromatic nitrogens is 2. The molecule has 0 fully saturated rings. The molecule has 56 valence electrons. The largest absolute Gasteiger partial charge is 0.275 e. The Kier molecular flexibility index (Phi) is 2.29. The Balaban J connectivity index is 2.74. The second-order valence-electron chi connectivity index (χ2n) is 2.25. The zero-order valence-corrected chi connectivity index (χ0v) is 6.76. The van der Waals surface area contributed by atoms with Gasteiger partial charge in [0.2, 0.25) is 0 Å². The highest BCUT2D eigenvalue weighted by atomic mass is 35.5. The second kappa shape index (κ2) is 3.03. The first kappa shape index (κ1) is 7.57. The third-order valence-corrected chi connectivity index (χ3v) is 1.67. The average Bonchev–Trinajstić information content (AvgIpc) is 2.34. The zero-order valence-electron chi connectivity index (χ0n) is 6.00. The van der Waals surface area contributed by atoms with E-state index in [-0.39, 0.29) is 6.04 Å². The molecule has 1 rings (SSSR count). The molecule has 1 aromatic rings. The van der Waals surface area contributed by atoms with E-state index in [1.54, 1.807) is 4.68 Å². The van der Waals surface area contributed by atoms with Crippen LogP contribution in [0.3, 0.4) is 0 Å². The van der Waals surface area contributed by atoms with E-state index < -0.39 is 0 Å². The van der Waals surface area contributed by atoms with Crippen LogP contribution in [-0.4, -0.2) is 9.78 Å². The summed E-state index contributed by atoms with van der Waals surface area (Å²) < 4.78 is 1.75. The van der Waals surface area contributed by atoms with E-state index in [0.29, 0.717) is 0 Å². The van der Waals surface area contributed by atoms with Crippen LogP contribution in [0.25, 0.3) is 0 Å². The molecule has 0 unspecified atom stereocenters. The lowest BCUT2D eigenvalue weighted by Gasteiger charge is -2.02. The Hall–Kier alpha value is -0.540. The van der Waals surface area contributed by atoms with Crippen LogP contribution in [0, 0.1) is 0 Å². The third kappa shape index (κ3) is 1.49. The van der Waals surface area contributed by atoms with Crippen molar-refractivity contribution < 1.29 is 0 Å². The van der Waals surface area contributed by atoms with Gasteiger partial charge in [-0.05, 0) is 24.8 Å². The van der Waals surface area contributed by atoms with Crippen LogP contribution in [0.4, 0.5) is 0 Å². The Morgan fingerprint density at radius 3 is 2.90 bits per heavy atom. The fraction of sp³-hybridized carbons (Fsp3) is 0.500. The first-order valence-electron chi connectivity index (χ1n) is 3.09. The predicted molar refractivity (Wildman–Crippen MR) is 40.6 cm³/mol. The van der Waals surface area contributed by atoms with Gasteiger partial charge >= 0.3 is 0 Å². The molecule has 1 N–H and O–H groups in total. The van der Waals surface area contributed by atoms with E-state index >= 15 is 0 Å². The summed E-state index contributed by atoms with van der Waals surface area (Å²) in [5, 5.41) is 4.15. The minimum absolute atomic E-state index is 0.114. The first-order valence-corrected chi connectivity index (χ1v) is 3.47. The summed E-state index contributed by atoms with van der Waals surface area (Å²) in [5.41, 5.74) is 0.956. The van der Waals surface area contributed by atoms with Crippen molar-refractivity contribution in [2.75, 3.05) is 0 Å². The number of nitrogens with one attached hydrogen (secondary N) is 1. The highest BCUT2D eigenvalue weighted by Crippen LogP contribution is 2.08. The van der Waals surface area contributed by atoms with Gasteiger partial charge in [0.15, 0.2) is 0 Å². The summed E-state index contributed by atoms with van der Waals surface area (Å²) >= 11 is 5.40. The van der Waals surface area contributed by atoms with E-state index in [4.69, 9.17) is 11.8 Å². The van der Waals surface area contributed by atoms with E-state index in [1.807, 2.05) is 26.2 Å². The molecule has 3 nitrogen and oxygen atoms in total. The standard InChI is InChI=1S/C6H10ClN3/c1-5(8-7)6-3-4-10(2)9-6/h3-5,8H,1-2H3/t5-/m1/s1. The Morgan fingerprint density at radius 1 is 1.80 bits per heavy atom. The number of hydrogen-bond donors (Lipinski definition) is 1. The molecule has 0 saturated carbocycles. The molecule has 0 bridgehead atoms. The van der Waals surface area contributed by atoms with Crippen LogP contribution < -0.4 is 4.84 Å². The first-order chi connectivity index (χ1) is 4.74. The van der Waals surface area contributed by atoms with Crippen LogP contribution in [0.1, 0.15) is 18.7 Å². The van der Waals surface area contributed by atoms with Gasteiger partial charge in [0, 0.05) is 13.2 Å².